The fourth-order valence-electron chi connectivity index (χ4n) is 4.20. The molecule has 1 aromatic heterocycles. The molecule has 0 radical (unpaired) electrons. The standard InChI is InChI=1S/C26H27N5O3S2/c1-29(2)36(33,34)22-13-9-10-19(16-22)24-20(18-31(28-24)21-11-5-3-6-12-21)17-23-25(32)27-26(35-23)30-14-7-4-8-15-30/h3,5-6,9-13,16-18H,4,7-8,14-15H2,1-2H3/b23-17-. The van der Waals surface area contributed by atoms with Gasteiger partial charge >= 0.3 is 0 Å². The van der Waals surface area contributed by atoms with Crippen LogP contribution in [0.15, 0.2) is 75.6 Å². The van der Waals surface area contributed by atoms with Gasteiger partial charge in [-0.05, 0) is 61.4 Å². The molecule has 0 saturated carbocycles. The molecule has 36 heavy (non-hydrogen) atoms. The van der Waals surface area contributed by atoms with Gasteiger partial charge in [0, 0.05) is 44.5 Å². The Hall–Kier alpha value is -3.21. The lowest BCUT2D eigenvalue weighted by Gasteiger charge is -2.27. The maximum Gasteiger partial charge on any atom is 0.286 e. The smallest absolute Gasteiger partial charge is 0.286 e. The van der Waals surface area contributed by atoms with Crippen LogP contribution in [0.1, 0.15) is 24.8 Å². The Labute approximate surface area is 215 Å². The summed E-state index contributed by atoms with van der Waals surface area (Å²) in [6.07, 6.45) is 7.08. The van der Waals surface area contributed by atoms with Crippen molar-refractivity contribution in [1.29, 1.82) is 0 Å². The Kier molecular flexibility index (Phi) is 6.83. The van der Waals surface area contributed by atoms with Gasteiger partial charge in [-0.25, -0.2) is 17.4 Å². The SMILES string of the molecule is CN(C)S(=O)(=O)c1cccc(-c2nn(-c3ccccc3)cc2/C=C2\SC(N3CCCCC3)=NC2=O)c1. The van der Waals surface area contributed by atoms with E-state index < -0.39 is 10.0 Å². The summed E-state index contributed by atoms with van der Waals surface area (Å²) in [6, 6.07) is 16.4. The third-order valence-corrected chi connectivity index (χ3v) is 9.03. The number of benzene rings is 2. The third kappa shape index (κ3) is 4.88. The molecule has 1 fully saturated rings. The minimum atomic E-state index is -3.62. The van der Waals surface area contributed by atoms with Crippen molar-refractivity contribution in [3.63, 3.8) is 0 Å². The van der Waals surface area contributed by atoms with Crippen molar-refractivity contribution < 1.29 is 13.2 Å². The maximum atomic E-state index is 12.8. The molecule has 0 bridgehead atoms. The van der Waals surface area contributed by atoms with Crippen molar-refractivity contribution in [3.8, 4) is 16.9 Å². The Morgan fingerprint density at radius 1 is 1.00 bits per heavy atom. The summed E-state index contributed by atoms with van der Waals surface area (Å²) in [5.74, 6) is -0.261. The van der Waals surface area contributed by atoms with Crippen LogP contribution >= 0.6 is 11.8 Å². The molecule has 1 amide bonds. The van der Waals surface area contributed by atoms with Crippen molar-refractivity contribution in [1.82, 2.24) is 19.0 Å². The number of likely N-dealkylation sites (tertiary alicyclic amines) is 1. The Balaban J connectivity index is 1.56. The zero-order chi connectivity index (χ0) is 25.3. The van der Waals surface area contributed by atoms with Crippen LogP contribution in [0.2, 0.25) is 0 Å². The first-order valence-electron chi connectivity index (χ1n) is 11.8. The van der Waals surface area contributed by atoms with E-state index in [1.165, 1.54) is 36.6 Å². The summed E-state index contributed by atoms with van der Waals surface area (Å²) in [6.45, 7) is 1.83. The number of carbonyl (C=O) groups is 1. The molecule has 186 valence electrons. The predicted molar refractivity (Wildman–Crippen MR) is 143 cm³/mol. The largest absolute Gasteiger partial charge is 0.351 e. The van der Waals surface area contributed by atoms with E-state index in [9.17, 15) is 13.2 Å². The number of amidine groups is 1. The summed E-state index contributed by atoms with van der Waals surface area (Å²) in [5, 5.41) is 5.54. The second kappa shape index (κ2) is 10.0. The number of hydrogen-bond donors (Lipinski definition) is 0. The highest BCUT2D eigenvalue weighted by atomic mass is 32.2. The van der Waals surface area contributed by atoms with Crippen molar-refractivity contribution in [2.45, 2.75) is 24.2 Å². The first-order valence-corrected chi connectivity index (χ1v) is 14.0. The van der Waals surface area contributed by atoms with Crippen LogP contribution in [0, 0.1) is 0 Å². The van der Waals surface area contributed by atoms with Crippen LogP contribution < -0.4 is 0 Å². The van der Waals surface area contributed by atoms with E-state index in [2.05, 4.69) is 9.89 Å². The number of aromatic nitrogens is 2. The van der Waals surface area contributed by atoms with Gasteiger partial charge in [0.1, 0.15) is 5.69 Å². The highest BCUT2D eigenvalue weighted by molar-refractivity contribution is 8.18. The molecule has 2 aromatic carbocycles. The second-order valence-corrected chi connectivity index (χ2v) is 12.0. The average molecular weight is 522 g/mol. The number of rotatable bonds is 5. The van der Waals surface area contributed by atoms with E-state index in [0.717, 1.165) is 36.8 Å². The molecule has 2 aliphatic heterocycles. The molecule has 0 unspecified atom stereocenters. The Bertz CT molecular complexity index is 1450. The summed E-state index contributed by atoms with van der Waals surface area (Å²) >= 11 is 1.39. The number of sulfonamides is 1. The molecule has 1 saturated heterocycles. The summed E-state index contributed by atoms with van der Waals surface area (Å²) < 4.78 is 28.4. The van der Waals surface area contributed by atoms with Crippen LogP contribution in [0.25, 0.3) is 23.0 Å². The number of carbonyl (C=O) groups excluding carboxylic acids is 1. The summed E-state index contributed by atoms with van der Waals surface area (Å²) in [5.41, 5.74) is 2.80. The number of amides is 1. The van der Waals surface area contributed by atoms with Crippen LogP contribution in [0.4, 0.5) is 0 Å². The number of aliphatic imine (C=N–C) groups is 1. The van der Waals surface area contributed by atoms with Crippen molar-refractivity contribution in [3.05, 3.63) is 71.3 Å². The van der Waals surface area contributed by atoms with Crippen LogP contribution in [-0.4, -0.2) is 65.7 Å². The highest BCUT2D eigenvalue weighted by Gasteiger charge is 2.28. The fourth-order valence-corrected chi connectivity index (χ4v) is 6.11. The van der Waals surface area contributed by atoms with Gasteiger partial charge in [0.25, 0.3) is 5.91 Å². The third-order valence-electron chi connectivity index (χ3n) is 6.17. The van der Waals surface area contributed by atoms with Crippen LogP contribution in [0.3, 0.4) is 0 Å². The first-order chi connectivity index (χ1) is 17.3. The minimum Gasteiger partial charge on any atom is -0.351 e. The second-order valence-electron chi connectivity index (χ2n) is 8.89. The number of hydrogen-bond acceptors (Lipinski definition) is 6. The van der Waals surface area contributed by atoms with Gasteiger partial charge in [0.15, 0.2) is 5.17 Å². The van der Waals surface area contributed by atoms with Gasteiger partial charge in [0.2, 0.25) is 10.0 Å². The van der Waals surface area contributed by atoms with Gasteiger partial charge in [-0.3, -0.25) is 4.79 Å². The van der Waals surface area contributed by atoms with Crippen molar-refractivity contribution in [2.75, 3.05) is 27.2 Å². The molecule has 8 nitrogen and oxygen atoms in total. The zero-order valence-corrected chi connectivity index (χ0v) is 21.8. The summed E-state index contributed by atoms with van der Waals surface area (Å²) in [7, 11) is -0.606. The number of nitrogens with zero attached hydrogens (tertiary/aromatic N) is 5. The molecule has 0 aliphatic carbocycles. The topological polar surface area (TPSA) is 87.9 Å². The lowest BCUT2D eigenvalue weighted by Crippen LogP contribution is -2.33. The van der Waals surface area contributed by atoms with Gasteiger partial charge in [0.05, 0.1) is 15.5 Å². The number of thioether (sulfide) groups is 1. The molecule has 3 heterocycles. The number of piperidine rings is 1. The lowest BCUT2D eigenvalue weighted by atomic mass is 10.1. The predicted octanol–water partition coefficient (Wildman–Crippen LogP) is 4.25. The lowest BCUT2D eigenvalue weighted by molar-refractivity contribution is -0.113. The maximum absolute atomic E-state index is 12.8. The van der Waals surface area contributed by atoms with Gasteiger partial charge in [-0.15, -0.1) is 0 Å². The molecule has 2 aliphatic rings. The Morgan fingerprint density at radius 3 is 2.47 bits per heavy atom. The Morgan fingerprint density at radius 2 is 1.75 bits per heavy atom. The molecule has 0 N–H and O–H groups in total. The number of para-hydroxylation sites is 1. The molecular weight excluding hydrogens is 494 g/mol. The quantitative estimate of drug-likeness (QED) is 0.467. The minimum absolute atomic E-state index is 0.180. The zero-order valence-electron chi connectivity index (χ0n) is 20.2. The van der Waals surface area contributed by atoms with E-state index in [0.29, 0.717) is 21.7 Å². The van der Waals surface area contributed by atoms with Crippen molar-refractivity contribution in [2.24, 2.45) is 4.99 Å². The molecule has 0 atom stereocenters. The van der Waals surface area contributed by atoms with Crippen LogP contribution in [0.5, 0.6) is 0 Å². The first kappa shape index (κ1) is 24.5. The normalized spacial score (nSPS) is 17.8. The van der Waals surface area contributed by atoms with E-state index >= 15 is 0 Å². The summed E-state index contributed by atoms with van der Waals surface area (Å²) in [4.78, 5) is 20.0. The van der Waals surface area contributed by atoms with E-state index in [4.69, 9.17) is 5.10 Å². The van der Waals surface area contributed by atoms with Crippen molar-refractivity contribution >= 4 is 38.9 Å². The average Bonchev–Trinajstić information content (AvgIpc) is 3.49. The van der Waals surface area contributed by atoms with E-state index in [1.807, 2.05) is 48.7 Å². The fraction of sp³-hybridized carbons (Fsp3) is 0.269. The van der Waals surface area contributed by atoms with Crippen LogP contribution in [-0.2, 0) is 14.8 Å². The monoisotopic (exact) mass is 521 g/mol. The van der Waals surface area contributed by atoms with Gasteiger partial charge < -0.3 is 4.90 Å². The van der Waals surface area contributed by atoms with E-state index in [1.54, 1.807) is 22.9 Å². The molecule has 0 spiro atoms. The van der Waals surface area contributed by atoms with Gasteiger partial charge in [-0.2, -0.15) is 10.1 Å². The van der Waals surface area contributed by atoms with Gasteiger partial charge in [-0.1, -0.05) is 30.3 Å². The van der Waals surface area contributed by atoms with E-state index in [-0.39, 0.29) is 10.8 Å². The molecule has 10 heteroatoms. The highest BCUT2D eigenvalue weighted by Crippen LogP contribution is 2.34. The molecule has 3 aromatic rings. The molecule has 5 rings (SSSR count). The molecular formula is C26H27N5O3S2.